The Labute approximate surface area is 63.9 Å². The molecule has 0 heterocycles. The number of ether oxygens (including phenoxy) is 1. The minimum absolute atomic E-state index is 0.209. The van der Waals surface area contributed by atoms with E-state index < -0.39 is 6.04 Å². The van der Waals surface area contributed by atoms with Crippen molar-refractivity contribution in [3.63, 3.8) is 0 Å². The highest BCUT2D eigenvalue weighted by atomic mass is 32.2. The Kier molecular flexibility index (Phi) is 6.89. The van der Waals surface area contributed by atoms with E-state index in [1.54, 1.807) is 0 Å². The van der Waals surface area contributed by atoms with Crippen LogP contribution in [-0.4, -0.2) is 36.6 Å². The van der Waals surface area contributed by atoms with Crippen LogP contribution in [0.25, 0.3) is 0 Å². The van der Waals surface area contributed by atoms with Crippen molar-refractivity contribution in [2.45, 2.75) is 6.04 Å². The summed E-state index contributed by atoms with van der Waals surface area (Å²) in [6.45, 7) is -0.0290. The highest BCUT2D eigenvalue weighted by molar-refractivity contribution is 7.98. The van der Waals surface area contributed by atoms with Gasteiger partial charge < -0.3 is 9.84 Å². The molecule has 0 aliphatic heterocycles. The van der Waals surface area contributed by atoms with E-state index >= 15 is 0 Å². The fourth-order valence-corrected chi connectivity index (χ4v) is 0.647. The van der Waals surface area contributed by atoms with Crippen molar-refractivity contribution in [2.75, 3.05) is 25.4 Å². The molecule has 1 N–H and O–H groups in total. The molecule has 0 aromatic carbocycles. The molecule has 5 heteroatoms. The first-order valence-electron chi connectivity index (χ1n) is 2.85. The minimum atomic E-state index is -0.604. The van der Waals surface area contributed by atoms with Gasteiger partial charge >= 0.3 is 0 Å². The van der Waals surface area contributed by atoms with Crippen molar-refractivity contribution in [1.29, 1.82) is 0 Å². The monoisotopic (exact) mass is 165 g/mol. The standard InChI is InChI=1S/C5H11NO3S/c1-10-4-9-3-5(2-7)6-8/h5,7H,2-4H2,1H3. The van der Waals surface area contributed by atoms with E-state index in [0.29, 0.717) is 5.94 Å². The predicted octanol–water partition coefficient (Wildman–Crippen LogP) is 0.451. The lowest BCUT2D eigenvalue weighted by atomic mass is 10.4. The van der Waals surface area contributed by atoms with Gasteiger partial charge in [-0.1, -0.05) is 5.18 Å². The Morgan fingerprint density at radius 1 is 1.80 bits per heavy atom. The Morgan fingerprint density at radius 3 is 2.90 bits per heavy atom. The van der Waals surface area contributed by atoms with Crippen molar-refractivity contribution in [2.24, 2.45) is 5.18 Å². The lowest BCUT2D eigenvalue weighted by Crippen LogP contribution is -2.16. The molecule has 0 aromatic heterocycles. The van der Waals surface area contributed by atoms with E-state index in [1.807, 2.05) is 6.26 Å². The first-order valence-corrected chi connectivity index (χ1v) is 4.24. The van der Waals surface area contributed by atoms with Crippen LogP contribution in [-0.2, 0) is 4.74 Å². The van der Waals surface area contributed by atoms with Crippen LogP contribution < -0.4 is 0 Å². The lowest BCUT2D eigenvalue weighted by molar-refractivity contribution is 0.136. The number of aliphatic hydroxyl groups excluding tert-OH is 1. The number of thioether (sulfide) groups is 1. The van der Waals surface area contributed by atoms with Gasteiger partial charge in [0.25, 0.3) is 0 Å². The van der Waals surface area contributed by atoms with Crippen LogP contribution in [0.4, 0.5) is 0 Å². The van der Waals surface area contributed by atoms with E-state index in [2.05, 4.69) is 5.18 Å². The molecule has 1 atom stereocenters. The third kappa shape index (κ3) is 4.72. The van der Waals surface area contributed by atoms with Gasteiger partial charge in [-0.25, -0.2) is 0 Å². The Bertz CT molecular complexity index is 91.0. The first-order chi connectivity index (χ1) is 4.85. The molecule has 4 nitrogen and oxygen atoms in total. The van der Waals surface area contributed by atoms with E-state index in [9.17, 15) is 4.91 Å². The molecule has 60 valence electrons. The van der Waals surface area contributed by atoms with Crippen LogP contribution in [0, 0.1) is 4.91 Å². The second-order valence-electron chi connectivity index (χ2n) is 1.72. The fraction of sp³-hybridized carbons (Fsp3) is 1.00. The highest BCUT2D eigenvalue weighted by Gasteiger charge is 2.05. The van der Waals surface area contributed by atoms with Crippen molar-refractivity contribution >= 4 is 11.8 Å². The smallest absolute Gasteiger partial charge is 0.138 e. The van der Waals surface area contributed by atoms with Gasteiger partial charge in [0.1, 0.15) is 6.04 Å². The molecule has 0 spiro atoms. The van der Waals surface area contributed by atoms with Gasteiger partial charge in [-0.15, -0.1) is 11.8 Å². The van der Waals surface area contributed by atoms with Gasteiger partial charge in [-0.05, 0) is 6.26 Å². The number of nitroso groups, excluding NO2 is 1. The molecule has 0 fully saturated rings. The summed E-state index contributed by atoms with van der Waals surface area (Å²) in [5.74, 6) is 0.534. The molecular formula is C5H11NO3S. The van der Waals surface area contributed by atoms with Crippen LogP contribution >= 0.6 is 11.8 Å². The zero-order chi connectivity index (χ0) is 7.82. The summed E-state index contributed by atoms with van der Waals surface area (Å²) in [5.41, 5.74) is 0. The van der Waals surface area contributed by atoms with Crippen LogP contribution in [0.3, 0.4) is 0 Å². The Hall–Kier alpha value is -0.130. The Balaban J connectivity index is 3.17. The predicted molar refractivity (Wildman–Crippen MR) is 41.0 cm³/mol. The molecule has 0 saturated carbocycles. The number of aliphatic hydroxyl groups is 1. The maximum Gasteiger partial charge on any atom is 0.138 e. The summed E-state index contributed by atoms with van der Waals surface area (Å²) in [5, 5.41) is 11.1. The average Bonchev–Trinajstić information content (AvgIpc) is 1.99. The molecule has 0 amide bonds. The molecule has 0 aliphatic carbocycles. The second kappa shape index (κ2) is 6.98. The van der Waals surface area contributed by atoms with Crippen LogP contribution in [0.5, 0.6) is 0 Å². The number of hydrogen-bond donors (Lipinski definition) is 1. The van der Waals surface area contributed by atoms with Gasteiger partial charge in [0.2, 0.25) is 0 Å². The molecule has 0 aliphatic rings. The van der Waals surface area contributed by atoms with Crippen LogP contribution in [0.15, 0.2) is 5.18 Å². The van der Waals surface area contributed by atoms with Gasteiger partial charge in [0.15, 0.2) is 0 Å². The quantitative estimate of drug-likeness (QED) is 0.352. The molecule has 0 aromatic rings. The van der Waals surface area contributed by atoms with Gasteiger partial charge in [0, 0.05) is 0 Å². The SMILES string of the molecule is CSCOCC(CO)N=O. The maximum atomic E-state index is 9.83. The van der Waals surface area contributed by atoms with Crippen molar-refractivity contribution in [1.82, 2.24) is 0 Å². The summed E-state index contributed by atoms with van der Waals surface area (Å²) in [6.07, 6.45) is 1.89. The Morgan fingerprint density at radius 2 is 2.50 bits per heavy atom. The van der Waals surface area contributed by atoms with Crippen molar-refractivity contribution < 1.29 is 9.84 Å². The normalized spacial score (nSPS) is 13.0. The van der Waals surface area contributed by atoms with Crippen molar-refractivity contribution in [3.8, 4) is 0 Å². The molecule has 0 radical (unpaired) electrons. The molecular weight excluding hydrogens is 154 g/mol. The maximum absolute atomic E-state index is 9.83. The van der Waals surface area contributed by atoms with E-state index in [-0.39, 0.29) is 13.2 Å². The van der Waals surface area contributed by atoms with Gasteiger partial charge in [-0.2, -0.15) is 4.91 Å². The summed E-state index contributed by atoms with van der Waals surface area (Å²) in [7, 11) is 0. The zero-order valence-electron chi connectivity index (χ0n) is 5.82. The summed E-state index contributed by atoms with van der Waals surface area (Å²) in [6, 6.07) is -0.604. The molecule has 10 heavy (non-hydrogen) atoms. The second-order valence-corrected chi connectivity index (χ2v) is 2.53. The van der Waals surface area contributed by atoms with Gasteiger partial charge in [-0.3, -0.25) is 0 Å². The summed E-state index contributed by atoms with van der Waals surface area (Å²) in [4.78, 5) is 9.83. The van der Waals surface area contributed by atoms with E-state index in [4.69, 9.17) is 9.84 Å². The van der Waals surface area contributed by atoms with E-state index in [0.717, 1.165) is 0 Å². The molecule has 0 rings (SSSR count). The summed E-state index contributed by atoms with van der Waals surface area (Å²) < 4.78 is 4.94. The average molecular weight is 165 g/mol. The van der Waals surface area contributed by atoms with Gasteiger partial charge in [0.05, 0.1) is 19.2 Å². The first kappa shape index (κ1) is 9.87. The summed E-state index contributed by atoms with van der Waals surface area (Å²) >= 11 is 1.52. The van der Waals surface area contributed by atoms with Crippen LogP contribution in [0.1, 0.15) is 0 Å². The van der Waals surface area contributed by atoms with E-state index in [1.165, 1.54) is 11.8 Å². The number of nitrogens with zero attached hydrogens (tertiary/aromatic N) is 1. The van der Waals surface area contributed by atoms with Crippen LogP contribution in [0.2, 0.25) is 0 Å². The largest absolute Gasteiger partial charge is 0.394 e. The molecule has 0 saturated heterocycles. The third-order valence-corrected chi connectivity index (χ3v) is 1.27. The minimum Gasteiger partial charge on any atom is -0.394 e. The third-order valence-electron chi connectivity index (χ3n) is 0.871. The number of hydrogen-bond acceptors (Lipinski definition) is 5. The number of rotatable bonds is 6. The fourth-order valence-electron chi connectivity index (χ4n) is 0.384. The topological polar surface area (TPSA) is 58.9 Å². The zero-order valence-corrected chi connectivity index (χ0v) is 6.63. The molecule has 0 bridgehead atoms. The van der Waals surface area contributed by atoms with Crippen molar-refractivity contribution in [3.05, 3.63) is 4.91 Å². The lowest BCUT2D eigenvalue weighted by Gasteiger charge is -2.04. The molecule has 1 unspecified atom stereocenters. The highest BCUT2D eigenvalue weighted by Crippen LogP contribution is 1.95.